The lowest BCUT2D eigenvalue weighted by molar-refractivity contribution is 0.102. The normalized spacial score (nSPS) is 10.8. The molecule has 4 rings (SSSR count). The van der Waals surface area contributed by atoms with Crippen molar-refractivity contribution in [3.63, 3.8) is 0 Å². The average molecular weight is 432 g/mol. The van der Waals surface area contributed by atoms with Gasteiger partial charge in [-0.25, -0.2) is 0 Å². The van der Waals surface area contributed by atoms with Crippen LogP contribution in [0, 0.1) is 0 Å². The number of unbranched alkanes of at least 4 members (excludes halogenated alkanes) is 2. The molecule has 31 heavy (non-hydrogen) atoms. The first-order valence-corrected chi connectivity index (χ1v) is 11.3. The van der Waals surface area contributed by atoms with E-state index in [-0.39, 0.29) is 11.6 Å². The van der Waals surface area contributed by atoms with Crippen molar-refractivity contribution in [2.75, 3.05) is 11.1 Å². The van der Waals surface area contributed by atoms with E-state index in [1.807, 2.05) is 35.7 Å². The number of rotatable bonds is 9. The van der Waals surface area contributed by atoms with Crippen molar-refractivity contribution < 1.29 is 4.79 Å². The Morgan fingerprint density at radius 1 is 1.03 bits per heavy atom. The summed E-state index contributed by atoms with van der Waals surface area (Å²) in [7, 11) is 0. The number of nitrogens with two attached hydrogens (primary N) is 1. The van der Waals surface area contributed by atoms with Gasteiger partial charge < -0.3 is 11.1 Å². The lowest BCUT2D eigenvalue weighted by Gasteiger charge is -2.08. The molecule has 0 aliphatic rings. The van der Waals surface area contributed by atoms with Crippen LogP contribution in [0.4, 0.5) is 11.4 Å². The zero-order chi connectivity index (χ0) is 21.5. The predicted molar refractivity (Wildman–Crippen MR) is 126 cm³/mol. The molecular weight excluding hydrogens is 406 g/mol. The fourth-order valence-corrected chi connectivity index (χ4v) is 4.11. The van der Waals surface area contributed by atoms with Crippen molar-refractivity contribution >= 4 is 28.6 Å². The van der Waals surface area contributed by atoms with Gasteiger partial charge >= 0.3 is 0 Å². The monoisotopic (exact) mass is 431 g/mol. The molecule has 2 aromatic carbocycles. The van der Waals surface area contributed by atoms with Gasteiger partial charge in [0.15, 0.2) is 5.69 Å². The second-order valence-electron chi connectivity index (χ2n) is 7.40. The number of amides is 1. The maximum Gasteiger partial charge on any atom is 0.277 e. The number of nitrogen functional groups attached to an aromatic ring is 1. The maximum atomic E-state index is 12.6. The van der Waals surface area contributed by atoms with E-state index in [4.69, 9.17) is 5.73 Å². The van der Waals surface area contributed by atoms with Crippen molar-refractivity contribution in [2.24, 2.45) is 0 Å². The molecule has 0 saturated heterocycles. The Bertz CT molecular complexity index is 1120. The zero-order valence-corrected chi connectivity index (χ0v) is 18.0. The standard InChI is InChI=1S/C24H25N5OS/c25-20-13-12-19(23-11-7-15-31-23)16-21(20)26-24(30)22-17-29(28-27-22)14-6-2-5-10-18-8-3-1-4-9-18/h1,3-4,7-9,11-13,15-17H,2,5-6,10,14,25H2,(H,26,30). The minimum atomic E-state index is -0.314. The van der Waals surface area contributed by atoms with E-state index < -0.39 is 0 Å². The number of thiophene rings is 1. The Labute approximate surface area is 185 Å². The predicted octanol–water partition coefficient (Wildman–Crippen LogP) is 5.25. The first-order chi connectivity index (χ1) is 15.2. The fraction of sp³-hybridized carbons (Fsp3) is 0.208. The summed E-state index contributed by atoms with van der Waals surface area (Å²) in [5.41, 5.74) is 9.81. The molecule has 158 valence electrons. The van der Waals surface area contributed by atoms with Crippen LogP contribution in [0.25, 0.3) is 10.4 Å². The number of hydrogen-bond acceptors (Lipinski definition) is 5. The topological polar surface area (TPSA) is 85.8 Å². The Morgan fingerprint density at radius 3 is 2.71 bits per heavy atom. The first kappa shape index (κ1) is 20.8. The van der Waals surface area contributed by atoms with Crippen LogP contribution in [-0.2, 0) is 13.0 Å². The van der Waals surface area contributed by atoms with E-state index in [1.165, 1.54) is 5.56 Å². The molecule has 7 heteroatoms. The van der Waals surface area contributed by atoms with Crippen molar-refractivity contribution in [1.29, 1.82) is 0 Å². The lowest BCUT2D eigenvalue weighted by atomic mass is 10.1. The molecule has 0 unspecified atom stereocenters. The van der Waals surface area contributed by atoms with Gasteiger partial charge in [-0.3, -0.25) is 9.48 Å². The zero-order valence-electron chi connectivity index (χ0n) is 17.2. The van der Waals surface area contributed by atoms with Gasteiger partial charge in [-0.2, -0.15) is 0 Å². The smallest absolute Gasteiger partial charge is 0.277 e. The number of carbonyl (C=O) groups excluding carboxylic acids is 1. The van der Waals surface area contributed by atoms with Crippen molar-refractivity contribution in [3.8, 4) is 10.4 Å². The highest BCUT2D eigenvalue weighted by Gasteiger charge is 2.13. The molecule has 0 fully saturated rings. The Hall–Kier alpha value is -3.45. The Balaban J connectivity index is 1.29. The van der Waals surface area contributed by atoms with Gasteiger partial charge in [-0.1, -0.05) is 54.1 Å². The largest absolute Gasteiger partial charge is 0.397 e. The van der Waals surface area contributed by atoms with Gasteiger partial charge in [0.1, 0.15) is 0 Å². The number of hydrogen-bond donors (Lipinski definition) is 2. The molecule has 0 atom stereocenters. The third-order valence-electron chi connectivity index (χ3n) is 5.07. The second-order valence-corrected chi connectivity index (χ2v) is 8.34. The van der Waals surface area contributed by atoms with E-state index in [9.17, 15) is 4.79 Å². The van der Waals surface area contributed by atoms with Crippen LogP contribution in [-0.4, -0.2) is 20.9 Å². The Morgan fingerprint density at radius 2 is 1.90 bits per heavy atom. The number of nitrogens with zero attached hydrogens (tertiary/aromatic N) is 3. The molecule has 0 aliphatic heterocycles. The molecule has 0 radical (unpaired) electrons. The average Bonchev–Trinajstić information content (AvgIpc) is 3.48. The molecule has 0 saturated carbocycles. The van der Waals surface area contributed by atoms with E-state index in [0.29, 0.717) is 11.4 Å². The summed E-state index contributed by atoms with van der Waals surface area (Å²) in [6, 6.07) is 20.2. The molecule has 1 amide bonds. The molecule has 0 aliphatic carbocycles. The third kappa shape index (κ3) is 5.58. The quantitative estimate of drug-likeness (QED) is 0.280. The van der Waals surface area contributed by atoms with E-state index in [0.717, 1.165) is 42.7 Å². The lowest BCUT2D eigenvalue weighted by Crippen LogP contribution is -2.13. The van der Waals surface area contributed by atoms with Crippen LogP contribution < -0.4 is 11.1 Å². The minimum absolute atomic E-state index is 0.283. The molecule has 3 N–H and O–H groups in total. The number of aryl methyl sites for hydroxylation is 2. The van der Waals surface area contributed by atoms with E-state index in [1.54, 1.807) is 28.3 Å². The van der Waals surface area contributed by atoms with Gasteiger partial charge in [0.05, 0.1) is 17.6 Å². The van der Waals surface area contributed by atoms with E-state index in [2.05, 4.69) is 39.9 Å². The fourth-order valence-electron chi connectivity index (χ4n) is 3.38. The second kappa shape index (κ2) is 10.0. The summed E-state index contributed by atoms with van der Waals surface area (Å²) in [4.78, 5) is 13.7. The molecule has 4 aromatic rings. The van der Waals surface area contributed by atoms with E-state index >= 15 is 0 Å². The highest BCUT2D eigenvalue weighted by molar-refractivity contribution is 7.13. The number of benzene rings is 2. The van der Waals surface area contributed by atoms with Crippen molar-refractivity contribution in [3.05, 3.63) is 83.5 Å². The van der Waals surface area contributed by atoms with Crippen LogP contribution in [0.5, 0.6) is 0 Å². The third-order valence-corrected chi connectivity index (χ3v) is 5.99. The SMILES string of the molecule is Nc1ccc(-c2cccs2)cc1NC(=O)c1cn(CCCCCc2ccccc2)nn1. The van der Waals surface area contributed by atoms with Gasteiger partial charge in [0.2, 0.25) is 0 Å². The molecule has 0 bridgehead atoms. The van der Waals surface area contributed by atoms with Gasteiger partial charge in [-0.15, -0.1) is 16.4 Å². The van der Waals surface area contributed by atoms with Crippen LogP contribution in [0.3, 0.4) is 0 Å². The van der Waals surface area contributed by atoms with Crippen LogP contribution in [0.1, 0.15) is 35.3 Å². The highest BCUT2D eigenvalue weighted by atomic mass is 32.1. The Kier molecular flexibility index (Phi) is 6.74. The van der Waals surface area contributed by atoms with Crippen LogP contribution >= 0.6 is 11.3 Å². The number of carbonyl (C=O) groups is 1. The first-order valence-electron chi connectivity index (χ1n) is 10.4. The van der Waals surface area contributed by atoms with Crippen LogP contribution in [0.15, 0.2) is 72.2 Å². The summed E-state index contributed by atoms with van der Waals surface area (Å²) in [5.74, 6) is -0.314. The molecular formula is C24H25N5OS. The number of nitrogens with one attached hydrogen (secondary N) is 1. The molecule has 2 aromatic heterocycles. The highest BCUT2D eigenvalue weighted by Crippen LogP contribution is 2.30. The summed E-state index contributed by atoms with van der Waals surface area (Å²) in [6.45, 7) is 0.741. The number of aromatic nitrogens is 3. The maximum absolute atomic E-state index is 12.6. The summed E-state index contributed by atoms with van der Waals surface area (Å²) in [6.07, 6.45) is 5.99. The summed E-state index contributed by atoms with van der Waals surface area (Å²) < 4.78 is 1.73. The molecule has 0 spiro atoms. The van der Waals surface area contributed by atoms with Crippen LogP contribution in [0.2, 0.25) is 0 Å². The summed E-state index contributed by atoms with van der Waals surface area (Å²) >= 11 is 1.64. The minimum Gasteiger partial charge on any atom is -0.397 e. The summed E-state index contributed by atoms with van der Waals surface area (Å²) in [5, 5.41) is 13.0. The molecule has 6 nitrogen and oxygen atoms in total. The van der Waals surface area contributed by atoms with Gasteiger partial charge in [0, 0.05) is 11.4 Å². The van der Waals surface area contributed by atoms with Gasteiger partial charge in [-0.05, 0) is 54.0 Å². The number of anilines is 2. The molecule has 2 heterocycles. The van der Waals surface area contributed by atoms with Gasteiger partial charge in [0.25, 0.3) is 5.91 Å². The van der Waals surface area contributed by atoms with Crippen molar-refractivity contribution in [2.45, 2.75) is 32.2 Å². The van der Waals surface area contributed by atoms with Crippen molar-refractivity contribution in [1.82, 2.24) is 15.0 Å².